The zero-order chi connectivity index (χ0) is 12.8. The summed E-state index contributed by atoms with van der Waals surface area (Å²) in [7, 11) is 0. The van der Waals surface area contributed by atoms with E-state index in [0.29, 0.717) is 6.04 Å². The van der Waals surface area contributed by atoms with Crippen LogP contribution in [0.25, 0.3) is 0 Å². The van der Waals surface area contributed by atoms with Crippen LogP contribution in [0.2, 0.25) is 0 Å². The zero-order valence-electron chi connectivity index (χ0n) is 10.4. The van der Waals surface area contributed by atoms with Gasteiger partial charge in [-0.25, -0.2) is 0 Å². The van der Waals surface area contributed by atoms with E-state index in [9.17, 15) is 4.79 Å². The molecule has 0 radical (unpaired) electrons. The first-order chi connectivity index (χ1) is 7.99. The van der Waals surface area contributed by atoms with E-state index in [0.717, 1.165) is 29.4 Å². The SMILES string of the molecule is Cc1nnc(NC(C)CCCC(C)C(=O)O)s1. The van der Waals surface area contributed by atoms with Crippen molar-refractivity contribution in [1.82, 2.24) is 10.2 Å². The summed E-state index contributed by atoms with van der Waals surface area (Å²) in [6.45, 7) is 5.73. The molecule has 17 heavy (non-hydrogen) atoms. The van der Waals surface area contributed by atoms with Gasteiger partial charge < -0.3 is 10.4 Å². The van der Waals surface area contributed by atoms with Crippen LogP contribution >= 0.6 is 11.3 Å². The maximum Gasteiger partial charge on any atom is 0.306 e. The molecule has 2 N–H and O–H groups in total. The van der Waals surface area contributed by atoms with Crippen molar-refractivity contribution in [2.24, 2.45) is 5.92 Å². The third kappa shape index (κ3) is 5.12. The highest BCUT2D eigenvalue weighted by Gasteiger charge is 2.11. The lowest BCUT2D eigenvalue weighted by Gasteiger charge is -2.13. The fraction of sp³-hybridized carbons (Fsp3) is 0.727. The summed E-state index contributed by atoms with van der Waals surface area (Å²) in [5.74, 6) is -0.976. The van der Waals surface area contributed by atoms with E-state index >= 15 is 0 Å². The summed E-state index contributed by atoms with van der Waals surface area (Å²) < 4.78 is 0. The molecular weight excluding hydrogens is 238 g/mol. The van der Waals surface area contributed by atoms with Crippen molar-refractivity contribution in [2.45, 2.75) is 46.1 Å². The number of carbonyl (C=O) groups is 1. The number of aromatic nitrogens is 2. The molecule has 2 atom stereocenters. The summed E-state index contributed by atoms with van der Waals surface area (Å²) >= 11 is 1.53. The summed E-state index contributed by atoms with van der Waals surface area (Å²) in [6, 6.07) is 0.295. The molecule has 1 aromatic rings. The summed E-state index contributed by atoms with van der Waals surface area (Å²) in [6.07, 6.45) is 2.56. The largest absolute Gasteiger partial charge is 0.481 e. The van der Waals surface area contributed by atoms with E-state index in [1.165, 1.54) is 11.3 Å². The molecule has 96 valence electrons. The molecular formula is C11H19N3O2S. The number of hydrogen-bond acceptors (Lipinski definition) is 5. The molecule has 2 unspecified atom stereocenters. The molecule has 1 aromatic heterocycles. The minimum Gasteiger partial charge on any atom is -0.481 e. The average Bonchev–Trinajstić information content (AvgIpc) is 2.63. The third-order valence-electron chi connectivity index (χ3n) is 2.59. The van der Waals surface area contributed by atoms with Gasteiger partial charge in [0.25, 0.3) is 0 Å². The lowest BCUT2D eigenvalue weighted by molar-refractivity contribution is -0.141. The lowest BCUT2D eigenvalue weighted by Crippen LogP contribution is -2.16. The van der Waals surface area contributed by atoms with Crippen molar-refractivity contribution in [3.8, 4) is 0 Å². The molecule has 6 heteroatoms. The highest BCUT2D eigenvalue weighted by molar-refractivity contribution is 7.15. The van der Waals surface area contributed by atoms with Gasteiger partial charge >= 0.3 is 5.97 Å². The number of hydrogen-bond donors (Lipinski definition) is 2. The average molecular weight is 257 g/mol. The summed E-state index contributed by atoms with van der Waals surface area (Å²) in [5, 5.41) is 21.7. The number of nitrogens with zero attached hydrogens (tertiary/aromatic N) is 2. The Bertz CT molecular complexity index is 367. The van der Waals surface area contributed by atoms with Gasteiger partial charge in [0.05, 0.1) is 5.92 Å². The van der Waals surface area contributed by atoms with Crippen LogP contribution in [0, 0.1) is 12.8 Å². The van der Waals surface area contributed by atoms with Crippen LogP contribution in [-0.4, -0.2) is 27.3 Å². The minimum atomic E-state index is -0.717. The highest BCUT2D eigenvalue weighted by Crippen LogP contribution is 2.17. The maximum absolute atomic E-state index is 10.6. The molecule has 0 spiro atoms. The van der Waals surface area contributed by atoms with E-state index in [4.69, 9.17) is 5.11 Å². The first kappa shape index (κ1) is 13.9. The van der Waals surface area contributed by atoms with E-state index in [1.54, 1.807) is 6.92 Å². The molecule has 0 aliphatic heterocycles. The molecule has 1 rings (SSSR count). The van der Waals surface area contributed by atoms with E-state index in [1.807, 2.05) is 6.92 Å². The van der Waals surface area contributed by atoms with Crippen LogP contribution in [-0.2, 0) is 4.79 Å². The molecule has 0 aromatic carbocycles. The molecule has 1 heterocycles. The monoisotopic (exact) mass is 257 g/mol. The van der Waals surface area contributed by atoms with Gasteiger partial charge in [-0.05, 0) is 26.7 Å². The molecule has 0 saturated heterocycles. The Morgan fingerprint density at radius 2 is 2.12 bits per heavy atom. The topological polar surface area (TPSA) is 75.1 Å². The predicted molar refractivity (Wildman–Crippen MR) is 68.4 cm³/mol. The van der Waals surface area contributed by atoms with E-state index < -0.39 is 5.97 Å². The van der Waals surface area contributed by atoms with Crippen LogP contribution in [0.5, 0.6) is 0 Å². The van der Waals surface area contributed by atoms with Crippen molar-refractivity contribution in [3.05, 3.63) is 5.01 Å². The van der Waals surface area contributed by atoms with E-state index in [2.05, 4.69) is 22.4 Å². The summed E-state index contributed by atoms with van der Waals surface area (Å²) in [4.78, 5) is 10.6. The molecule has 0 bridgehead atoms. The normalized spacial score (nSPS) is 14.3. The number of nitrogens with one attached hydrogen (secondary N) is 1. The molecule has 0 fully saturated rings. The third-order valence-corrected chi connectivity index (χ3v) is 3.36. The van der Waals surface area contributed by atoms with Gasteiger partial charge in [0.15, 0.2) is 0 Å². The van der Waals surface area contributed by atoms with Crippen LogP contribution in [0.4, 0.5) is 5.13 Å². The standard InChI is InChI=1S/C11H19N3O2S/c1-7(10(15)16)5-4-6-8(2)12-11-14-13-9(3)17-11/h7-8H,4-6H2,1-3H3,(H,12,14)(H,15,16). The Morgan fingerprint density at radius 3 is 2.65 bits per heavy atom. The first-order valence-corrected chi connectivity index (χ1v) is 6.60. The van der Waals surface area contributed by atoms with Crippen molar-refractivity contribution in [1.29, 1.82) is 0 Å². The Balaban J connectivity index is 2.21. The van der Waals surface area contributed by atoms with Crippen molar-refractivity contribution in [3.63, 3.8) is 0 Å². The minimum absolute atomic E-state index is 0.258. The van der Waals surface area contributed by atoms with Gasteiger partial charge in [0.1, 0.15) is 5.01 Å². The second-order valence-electron chi connectivity index (χ2n) is 4.34. The molecule has 0 aliphatic rings. The number of rotatable bonds is 7. The lowest BCUT2D eigenvalue weighted by atomic mass is 10.0. The van der Waals surface area contributed by atoms with Gasteiger partial charge in [-0.1, -0.05) is 24.7 Å². The van der Waals surface area contributed by atoms with Crippen molar-refractivity contribution >= 4 is 22.4 Å². The first-order valence-electron chi connectivity index (χ1n) is 5.78. The molecule has 5 nitrogen and oxygen atoms in total. The molecule has 0 aliphatic carbocycles. The zero-order valence-corrected chi connectivity index (χ0v) is 11.3. The fourth-order valence-corrected chi connectivity index (χ4v) is 2.19. The van der Waals surface area contributed by atoms with Gasteiger partial charge in [-0.15, -0.1) is 10.2 Å². The highest BCUT2D eigenvalue weighted by atomic mass is 32.1. The Labute approximate surface area is 105 Å². The molecule has 0 saturated carbocycles. The van der Waals surface area contributed by atoms with Gasteiger partial charge in [0.2, 0.25) is 5.13 Å². The van der Waals surface area contributed by atoms with Crippen LogP contribution in [0.15, 0.2) is 0 Å². The Hall–Kier alpha value is -1.17. The van der Waals surface area contributed by atoms with Crippen molar-refractivity contribution < 1.29 is 9.90 Å². The number of carboxylic acids is 1. The van der Waals surface area contributed by atoms with Crippen LogP contribution < -0.4 is 5.32 Å². The Morgan fingerprint density at radius 1 is 1.41 bits per heavy atom. The van der Waals surface area contributed by atoms with Crippen LogP contribution in [0.3, 0.4) is 0 Å². The van der Waals surface area contributed by atoms with E-state index in [-0.39, 0.29) is 5.92 Å². The van der Waals surface area contributed by atoms with Gasteiger partial charge in [-0.3, -0.25) is 4.79 Å². The van der Waals surface area contributed by atoms with Gasteiger partial charge in [0, 0.05) is 6.04 Å². The number of carboxylic acid groups (broad SMARTS) is 1. The Kier molecular flexibility index (Phi) is 5.34. The predicted octanol–water partition coefficient (Wildman–Crippen LogP) is 2.54. The quantitative estimate of drug-likeness (QED) is 0.785. The molecule has 0 amide bonds. The number of aryl methyl sites for hydroxylation is 1. The summed E-state index contributed by atoms with van der Waals surface area (Å²) in [5.41, 5.74) is 0. The smallest absolute Gasteiger partial charge is 0.306 e. The van der Waals surface area contributed by atoms with Crippen molar-refractivity contribution in [2.75, 3.05) is 5.32 Å². The maximum atomic E-state index is 10.6. The van der Waals surface area contributed by atoms with Gasteiger partial charge in [-0.2, -0.15) is 0 Å². The number of anilines is 1. The fourth-order valence-electron chi connectivity index (χ4n) is 1.49. The second kappa shape index (κ2) is 6.54. The van der Waals surface area contributed by atoms with Crippen LogP contribution in [0.1, 0.15) is 38.1 Å². The second-order valence-corrected chi connectivity index (χ2v) is 5.52. The number of aliphatic carboxylic acids is 1.